The average molecular weight is 479 g/mol. The maximum Gasteiger partial charge on any atom is 0.251 e. The van der Waals surface area contributed by atoms with Crippen molar-refractivity contribution >= 4 is 29.4 Å². The van der Waals surface area contributed by atoms with E-state index in [0.29, 0.717) is 17.2 Å². The van der Waals surface area contributed by atoms with Crippen molar-refractivity contribution in [1.29, 1.82) is 0 Å². The van der Waals surface area contributed by atoms with Crippen LogP contribution in [-0.4, -0.2) is 38.3 Å². The van der Waals surface area contributed by atoms with E-state index in [0.717, 1.165) is 53.0 Å². The normalized spacial score (nSPS) is 18.9. The number of amides is 1. The number of hydrogen-bond acceptors (Lipinski definition) is 7. The minimum absolute atomic E-state index is 0.148. The molecular formula is C26H30N4O3S. The van der Waals surface area contributed by atoms with Gasteiger partial charge in [0, 0.05) is 42.5 Å². The van der Waals surface area contributed by atoms with E-state index in [2.05, 4.69) is 51.3 Å². The Balaban J connectivity index is 1.40. The van der Waals surface area contributed by atoms with Gasteiger partial charge in [-0.1, -0.05) is 24.2 Å². The lowest BCUT2D eigenvalue weighted by Crippen LogP contribution is -2.36. The van der Waals surface area contributed by atoms with Crippen LogP contribution < -0.4 is 19.7 Å². The summed E-state index contributed by atoms with van der Waals surface area (Å²) >= 11 is 1.41. The van der Waals surface area contributed by atoms with Crippen molar-refractivity contribution in [2.75, 3.05) is 36.9 Å². The summed E-state index contributed by atoms with van der Waals surface area (Å²) in [6.07, 6.45) is 3.42. The van der Waals surface area contributed by atoms with Crippen LogP contribution in [0.15, 0.2) is 51.9 Å². The predicted molar refractivity (Wildman–Crippen MR) is 136 cm³/mol. The summed E-state index contributed by atoms with van der Waals surface area (Å²) in [7, 11) is 3.22. The number of carbonyl (C=O) groups excluding carboxylic acids is 1. The summed E-state index contributed by atoms with van der Waals surface area (Å²) in [5, 5.41) is 7.05. The minimum Gasteiger partial charge on any atom is -0.495 e. The number of benzene rings is 2. The minimum atomic E-state index is -0.148. The number of anilines is 2. The third-order valence-electron chi connectivity index (χ3n) is 6.77. The van der Waals surface area contributed by atoms with Gasteiger partial charge in [0.05, 0.1) is 12.0 Å². The van der Waals surface area contributed by atoms with Gasteiger partial charge in [0.25, 0.3) is 5.91 Å². The van der Waals surface area contributed by atoms with Gasteiger partial charge < -0.3 is 24.2 Å². The van der Waals surface area contributed by atoms with Crippen LogP contribution in [0.2, 0.25) is 0 Å². The quantitative estimate of drug-likeness (QED) is 0.407. The lowest BCUT2D eigenvalue weighted by molar-refractivity contribution is 0.0962. The van der Waals surface area contributed by atoms with Crippen LogP contribution >= 0.6 is 11.9 Å². The van der Waals surface area contributed by atoms with Crippen molar-refractivity contribution in [2.45, 2.75) is 31.1 Å². The summed E-state index contributed by atoms with van der Waals surface area (Å²) in [6, 6.07) is 14.0. The molecule has 1 amide bonds. The van der Waals surface area contributed by atoms with Gasteiger partial charge in [-0.3, -0.25) is 4.79 Å². The highest BCUT2D eigenvalue weighted by molar-refractivity contribution is 8.00. The molecule has 5 rings (SSSR count). The molecule has 3 aromatic rings. The Hall–Kier alpha value is -3.13. The van der Waals surface area contributed by atoms with Gasteiger partial charge in [-0.2, -0.15) is 0 Å². The largest absolute Gasteiger partial charge is 0.495 e. The molecule has 2 heterocycles. The molecule has 0 bridgehead atoms. The molecule has 2 unspecified atom stereocenters. The number of nitrogens with zero attached hydrogens (tertiary/aromatic N) is 2. The molecule has 1 aromatic heterocycles. The number of methoxy groups -OCH3 is 1. The standard InChI is InChI=1S/C26H30N4O3S/c1-16-12-19(16)14-21-24(17-6-4-7-20(13-17)30-10-5-11-30)33-28-25(21)29-34-23-9-8-18(26(31)27-2)15-22(23)32-3/h4,6-9,13,15-16,19H,5,10-12,14H2,1-3H3,(H,27,31)(H,28,29). The van der Waals surface area contributed by atoms with Crippen LogP contribution in [0.4, 0.5) is 11.5 Å². The number of carbonyl (C=O) groups is 1. The van der Waals surface area contributed by atoms with Gasteiger partial charge in [-0.25, -0.2) is 0 Å². The molecule has 178 valence electrons. The summed E-state index contributed by atoms with van der Waals surface area (Å²) in [5.74, 6) is 3.45. The van der Waals surface area contributed by atoms with Crippen molar-refractivity contribution in [2.24, 2.45) is 11.8 Å². The van der Waals surface area contributed by atoms with E-state index in [1.807, 2.05) is 6.07 Å². The van der Waals surface area contributed by atoms with Gasteiger partial charge in [0.15, 0.2) is 11.6 Å². The summed E-state index contributed by atoms with van der Waals surface area (Å²) < 4.78 is 14.8. The van der Waals surface area contributed by atoms with E-state index in [1.54, 1.807) is 26.3 Å². The van der Waals surface area contributed by atoms with Crippen LogP contribution in [0.25, 0.3) is 11.3 Å². The Labute approximate surface area is 204 Å². The highest BCUT2D eigenvalue weighted by atomic mass is 32.2. The van der Waals surface area contributed by atoms with E-state index in [1.165, 1.54) is 30.5 Å². The van der Waals surface area contributed by atoms with Gasteiger partial charge >= 0.3 is 0 Å². The molecule has 0 radical (unpaired) electrons. The highest BCUT2D eigenvalue weighted by Gasteiger charge is 2.35. The van der Waals surface area contributed by atoms with Gasteiger partial charge in [-0.05, 0) is 73.4 Å². The van der Waals surface area contributed by atoms with Crippen LogP contribution in [0.5, 0.6) is 5.75 Å². The van der Waals surface area contributed by atoms with Crippen LogP contribution in [0.1, 0.15) is 35.7 Å². The van der Waals surface area contributed by atoms with Crippen molar-refractivity contribution in [3.05, 3.63) is 53.6 Å². The van der Waals surface area contributed by atoms with Gasteiger partial charge in [0.2, 0.25) is 0 Å². The molecule has 1 aliphatic carbocycles. The maximum atomic E-state index is 12.0. The first-order valence-corrected chi connectivity index (χ1v) is 12.6. The number of aromatic nitrogens is 1. The molecule has 34 heavy (non-hydrogen) atoms. The second-order valence-corrected chi connectivity index (χ2v) is 9.90. The molecule has 2 N–H and O–H groups in total. The molecule has 2 atom stereocenters. The maximum absolute atomic E-state index is 12.0. The fourth-order valence-corrected chi connectivity index (χ4v) is 5.06. The van der Waals surface area contributed by atoms with Crippen LogP contribution in [0.3, 0.4) is 0 Å². The van der Waals surface area contributed by atoms with Gasteiger partial charge in [-0.15, -0.1) is 0 Å². The molecule has 1 aliphatic heterocycles. The molecule has 1 saturated carbocycles. The third kappa shape index (κ3) is 4.59. The van der Waals surface area contributed by atoms with E-state index in [-0.39, 0.29) is 5.91 Å². The second kappa shape index (κ2) is 9.62. The zero-order valence-electron chi connectivity index (χ0n) is 19.8. The number of rotatable bonds is 9. The van der Waals surface area contributed by atoms with Crippen LogP contribution in [-0.2, 0) is 6.42 Å². The Morgan fingerprint density at radius 3 is 2.76 bits per heavy atom. The Morgan fingerprint density at radius 2 is 2.09 bits per heavy atom. The van der Waals surface area contributed by atoms with E-state index in [4.69, 9.17) is 9.26 Å². The lowest BCUT2D eigenvalue weighted by atomic mass is 10.0. The topological polar surface area (TPSA) is 79.6 Å². The molecular weight excluding hydrogens is 448 g/mol. The van der Waals surface area contributed by atoms with Crippen molar-refractivity contribution in [1.82, 2.24) is 10.5 Å². The molecule has 2 fully saturated rings. The number of ether oxygens (including phenoxy) is 1. The third-order valence-corrected chi connectivity index (χ3v) is 7.62. The summed E-state index contributed by atoms with van der Waals surface area (Å²) in [4.78, 5) is 15.2. The predicted octanol–water partition coefficient (Wildman–Crippen LogP) is 5.24. The zero-order chi connectivity index (χ0) is 23.7. The molecule has 8 heteroatoms. The van der Waals surface area contributed by atoms with E-state index in [9.17, 15) is 4.79 Å². The van der Waals surface area contributed by atoms with Gasteiger partial charge in [0.1, 0.15) is 5.75 Å². The highest BCUT2D eigenvalue weighted by Crippen LogP contribution is 2.45. The summed E-state index contributed by atoms with van der Waals surface area (Å²) in [6.45, 7) is 4.51. The number of nitrogens with one attached hydrogen (secondary N) is 2. The Morgan fingerprint density at radius 1 is 1.26 bits per heavy atom. The summed E-state index contributed by atoms with van der Waals surface area (Å²) in [5.41, 5.74) is 3.96. The molecule has 2 aromatic carbocycles. The molecule has 1 saturated heterocycles. The fraction of sp³-hybridized carbons (Fsp3) is 0.385. The Bertz CT molecular complexity index is 1190. The van der Waals surface area contributed by atoms with Crippen LogP contribution in [0, 0.1) is 11.8 Å². The van der Waals surface area contributed by atoms with Crippen molar-refractivity contribution in [3.63, 3.8) is 0 Å². The zero-order valence-corrected chi connectivity index (χ0v) is 20.6. The van der Waals surface area contributed by atoms with E-state index < -0.39 is 0 Å². The monoisotopic (exact) mass is 478 g/mol. The molecule has 2 aliphatic rings. The smallest absolute Gasteiger partial charge is 0.251 e. The molecule has 7 nitrogen and oxygen atoms in total. The average Bonchev–Trinajstić information content (AvgIpc) is 3.37. The van der Waals surface area contributed by atoms with Crippen molar-refractivity contribution < 1.29 is 14.1 Å². The lowest BCUT2D eigenvalue weighted by Gasteiger charge is -2.33. The fourth-order valence-electron chi connectivity index (χ4n) is 4.31. The SMILES string of the molecule is CNC(=O)c1ccc(SNc2noc(-c3cccc(N4CCC4)c3)c2CC2CC2C)c(OC)c1. The van der Waals surface area contributed by atoms with Crippen molar-refractivity contribution in [3.8, 4) is 17.1 Å². The Kier molecular flexibility index (Phi) is 6.41. The second-order valence-electron chi connectivity index (χ2n) is 9.06. The first-order valence-electron chi connectivity index (χ1n) is 11.7. The van der Waals surface area contributed by atoms with E-state index >= 15 is 0 Å². The number of hydrogen-bond donors (Lipinski definition) is 2. The first kappa shape index (κ1) is 22.7. The first-order chi connectivity index (χ1) is 16.6. The molecule has 0 spiro atoms.